The van der Waals surface area contributed by atoms with Crippen molar-refractivity contribution in [3.05, 3.63) is 114 Å². The number of amides is 3. The van der Waals surface area contributed by atoms with Crippen molar-refractivity contribution >= 4 is 29.3 Å². The highest BCUT2D eigenvalue weighted by Crippen LogP contribution is 2.28. The van der Waals surface area contributed by atoms with Crippen LogP contribution in [0.1, 0.15) is 35.2 Å². The molecule has 5 rings (SSSR count). The molecule has 0 aliphatic carbocycles. The molecule has 0 atom stereocenters. The number of carbonyl (C=O) groups excluding carboxylic acids is 3. The summed E-state index contributed by atoms with van der Waals surface area (Å²) < 4.78 is 5.73. The highest BCUT2D eigenvalue weighted by atomic mass is 16.6. The molecule has 0 aromatic heterocycles. The van der Waals surface area contributed by atoms with E-state index < -0.39 is 6.09 Å². The van der Waals surface area contributed by atoms with E-state index in [4.69, 9.17) is 4.74 Å². The highest BCUT2D eigenvalue weighted by molar-refractivity contribution is 5.97. The zero-order valence-electron chi connectivity index (χ0n) is 26.3. The van der Waals surface area contributed by atoms with Gasteiger partial charge in [0.1, 0.15) is 11.9 Å². The monoisotopic (exact) mass is 635 g/mol. The maximum absolute atomic E-state index is 12.7. The molecule has 0 bridgehead atoms. The third-order valence-electron chi connectivity index (χ3n) is 8.01. The summed E-state index contributed by atoms with van der Waals surface area (Å²) in [6, 6.07) is 31.5. The number of benzene rings is 4. The fourth-order valence-corrected chi connectivity index (χ4v) is 5.47. The Kier molecular flexibility index (Phi) is 12.0. The largest absolute Gasteiger partial charge is 0.508 e. The number of phenols is 1. The van der Waals surface area contributed by atoms with Crippen LogP contribution in [0.2, 0.25) is 0 Å². The number of para-hydroxylation sites is 2. The summed E-state index contributed by atoms with van der Waals surface area (Å²) in [5, 5.41) is 21.7. The number of likely N-dealkylation sites (tertiary alicyclic amines) is 1. The van der Waals surface area contributed by atoms with Crippen LogP contribution in [-0.4, -0.2) is 66.7 Å². The first kappa shape index (κ1) is 33.2. The van der Waals surface area contributed by atoms with Gasteiger partial charge in [-0.1, -0.05) is 72.8 Å². The van der Waals surface area contributed by atoms with Crippen molar-refractivity contribution in [3.8, 4) is 16.9 Å². The number of anilines is 2. The number of hydrogen-bond donors (Lipinski definition) is 5. The van der Waals surface area contributed by atoms with Gasteiger partial charge in [-0.15, -0.1) is 0 Å². The molecule has 0 saturated carbocycles. The topological polar surface area (TPSA) is 132 Å². The Morgan fingerprint density at radius 2 is 1.55 bits per heavy atom. The van der Waals surface area contributed by atoms with E-state index in [2.05, 4.69) is 26.2 Å². The molecule has 3 amide bonds. The quantitative estimate of drug-likeness (QED) is 0.121. The van der Waals surface area contributed by atoms with Gasteiger partial charge >= 0.3 is 6.09 Å². The van der Waals surface area contributed by atoms with E-state index in [9.17, 15) is 19.5 Å². The molecule has 244 valence electrons. The Morgan fingerprint density at radius 3 is 2.36 bits per heavy atom. The zero-order valence-corrected chi connectivity index (χ0v) is 26.3. The molecule has 1 saturated heterocycles. The smallest absolute Gasteiger partial charge is 0.411 e. The van der Waals surface area contributed by atoms with Crippen LogP contribution < -0.4 is 21.3 Å². The summed E-state index contributed by atoms with van der Waals surface area (Å²) in [7, 11) is 0. The fourth-order valence-electron chi connectivity index (χ4n) is 5.47. The Morgan fingerprint density at radius 1 is 0.809 bits per heavy atom. The van der Waals surface area contributed by atoms with Crippen LogP contribution >= 0.6 is 0 Å². The summed E-state index contributed by atoms with van der Waals surface area (Å²) in [6.07, 6.45) is 1.03. The van der Waals surface area contributed by atoms with Crippen molar-refractivity contribution in [2.45, 2.75) is 31.9 Å². The average molecular weight is 636 g/mol. The van der Waals surface area contributed by atoms with Gasteiger partial charge in [0.25, 0.3) is 5.91 Å². The van der Waals surface area contributed by atoms with Crippen LogP contribution in [0.25, 0.3) is 11.1 Å². The van der Waals surface area contributed by atoms with Gasteiger partial charge < -0.3 is 30.7 Å². The molecule has 5 N–H and O–H groups in total. The second-order valence-electron chi connectivity index (χ2n) is 11.4. The molecule has 1 fully saturated rings. The van der Waals surface area contributed by atoms with Crippen LogP contribution in [0, 0.1) is 0 Å². The van der Waals surface area contributed by atoms with Crippen LogP contribution in [0.4, 0.5) is 16.2 Å². The molecule has 4 aromatic carbocycles. The predicted octanol–water partition coefficient (Wildman–Crippen LogP) is 5.62. The molecule has 0 spiro atoms. The Balaban J connectivity index is 0.981. The number of nitrogens with zero attached hydrogens (tertiary/aromatic N) is 1. The summed E-state index contributed by atoms with van der Waals surface area (Å²) in [5.74, 6) is -0.129. The minimum Gasteiger partial charge on any atom is -0.508 e. The summed E-state index contributed by atoms with van der Waals surface area (Å²) in [6.45, 7) is 3.49. The van der Waals surface area contributed by atoms with Gasteiger partial charge in [0, 0.05) is 68.1 Å². The van der Waals surface area contributed by atoms with Crippen molar-refractivity contribution in [2.75, 3.05) is 43.4 Å². The van der Waals surface area contributed by atoms with Gasteiger partial charge in [-0.25, -0.2) is 4.79 Å². The van der Waals surface area contributed by atoms with Crippen molar-refractivity contribution in [1.29, 1.82) is 0 Å². The van der Waals surface area contributed by atoms with Crippen molar-refractivity contribution < 1.29 is 24.2 Å². The number of phenolic OH excluding ortho intramolecular Hbond substituents is 1. The van der Waals surface area contributed by atoms with Crippen molar-refractivity contribution in [1.82, 2.24) is 15.5 Å². The van der Waals surface area contributed by atoms with Crippen LogP contribution in [0.5, 0.6) is 5.75 Å². The van der Waals surface area contributed by atoms with Gasteiger partial charge in [0.15, 0.2) is 0 Å². The lowest BCUT2D eigenvalue weighted by molar-refractivity contribution is -0.116. The summed E-state index contributed by atoms with van der Waals surface area (Å²) >= 11 is 0. The van der Waals surface area contributed by atoms with Crippen LogP contribution in [-0.2, 0) is 16.1 Å². The zero-order chi connectivity index (χ0) is 32.8. The number of carbonyl (C=O) groups is 3. The molecular weight excluding hydrogens is 594 g/mol. The maximum Gasteiger partial charge on any atom is 0.411 e. The molecule has 0 radical (unpaired) electrons. The number of rotatable bonds is 13. The van der Waals surface area contributed by atoms with E-state index in [0.29, 0.717) is 62.4 Å². The Bertz CT molecular complexity index is 1640. The Hall–Kier alpha value is -5.19. The molecule has 47 heavy (non-hydrogen) atoms. The number of ether oxygens (including phenoxy) is 1. The lowest BCUT2D eigenvalue weighted by Crippen LogP contribution is -2.39. The molecule has 1 heterocycles. The van der Waals surface area contributed by atoms with E-state index in [1.165, 1.54) is 0 Å². The van der Waals surface area contributed by atoms with Gasteiger partial charge in [-0.2, -0.15) is 0 Å². The van der Waals surface area contributed by atoms with Crippen LogP contribution in [0.3, 0.4) is 0 Å². The standard InChI is InChI=1S/C37H41N5O5/c43-34-16-7-4-11-29(34)26-38-20-21-39-36(45)28-12-8-13-30(25-28)40-35(44)19-24-42-22-17-31(18-23-42)47-37(46)41-33-15-6-5-14-32(33)27-9-2-1-3-10-27/h1-16,25,31,38,43H,17-24,26H2,(H,39,45)(H,40,44)(H,41,46). The third-order valence-corrected chi connectivity index (χ3v) is 8.01. The lowest BCUT2D eigenvalue weighted by Gasteiger charge is -2.31. The minimum absolute atomic E-state index is 0.134. The average Bonchev–Trinajstić information content (AvgIpc) is 3.09. The molecule has 1 aliphatic rings. The van der Waals surface area contributed by atoms with E-state index in [0.717, 1.165) is 29.8 Å². The van der Waals surface area contributed by atoms with Crippen molar-refractivity contribution in [3.63, 3.8) is 0 Å². The SMILES string of the molecule is O=C(CCN1CCC(OC(=O)Nc2ccccc2-c2ccccc2)CC1)Nc1cccc(C(=O)NCCNCc2ccccc2O)c1. The first-order valence-electron chi connectivity index (χ1n) is 15.9. The second kappa shape index (κ2) is 16.9. The molecule has 4 aromatic rings. The minimum atomic E-state index is -0.469. The lowest BCUT2D eigenvalue weighted by atomic mass is 10.0. The molecule has 0 unspecified atom stereocenters. The molecule has 10 nitrogen and oxygen atoms in total. The molecular formula is C37H41N5O5. The van der Waals surface area contributed by atoms with E-state index in [-0.39, 0.29) is 23.7 Å². The second-order valence-corrected chi connectivity index (χ2v) is 11.4. The number of hydrogen-bond acceptors (Lipinski definition) is 7. The third kappa shape index (κ3) is 10.2. The van der Waals surface area contributed by atoms with Gasteiger partial charge in [0.05, 0.1) is 5.69 Å². The predicted molar refractivity (Wildman–Crippen MR) is 183 cm³/mol. The van der Waals surface area contributed by atoms with E-state index in [1.807, 2.05) is 66.7 Å². The number of nitrogens with one attached hydrogen (secondary N) is 4. The normalized spacial score (nSPS) is 13.4. The summed E-state index contributed by atoms with van der Waals surface area (Å²) in [5.41, 5.74) is 4.46. The first-order valence-corrected chi connectivity index (χ1v) is 15.9. The number of aromatic hydroxyl groups is 1. The maximum atomic E-state index is 12.7. The fraction of sp³-hybridized carbons (Fsp3) is 0.270. The van der Waals surface area contributed by atoms with Gasteiger partial charge in [0.2, 0.25) is 5.91 Å². The van der Waals surface area contributed by atoms with E-state index >= 15 is 0 Å². The van der Waals surface area contributed by atoms with Crippen molar-refractivity contribution in [2.24, 2.45) is 0 Å². The first-order chi connectivity index (χ1) is 22.9. The summed E-state index contributed by atoms with van der Waals surface area (Å²) in [4.78, 5) is 40.2. The Labute approximate surface area is 275 Å². The van der Waals surface area contributed by atoms with E-state index in [1.54, 1.807) is 36.4 Å². The molecule has 1 aliphatic heterocycles. The molecule has 10 heteroatoms. The number of piperidine rings is 1. The van der Waals surface area contributed by atoms with Gasteiger partial charge in [-0.3, -0.25) is 14.9 Å². The van der Waals surface area contributed by atoms with Crippen LogP contribution in [0.15, 0.2) is 103 Å². The highest BCUT2D eigenvalue weighted by Gasteiger charge is 2.23. The van der Waals surface area contributed by atoms with Gasteiger partial charge in [-0.05, 0) is 48.7 Å².